The molecule has 9 heteroatoms. The summed E-state index contributed by atoms with van der Waals surface area (Å²) in [5.74, 6) is 0.644. The second-order valence-electron chi connectivity index (χ2n) is 7.94. The van der Waals surface area contributed by atoms with Crippen LogP contribution in [0.15, 0.2) is 54.9 Å². The van der Waals surface area contributed by atoms with Crippen molar-refractivity contribution in [1.29, 1.82) is 0 Å². The number of fused-ring (bicyclic) bond motifs is 1. The van der Waals surface area contributed by atoms with Crippen molar-refractivity contribution >= 4 is 12.0 Å². The predicted octanol–water partition coefficient (Wildman–Crippen LogP) is 2.87. The molecule has 34 heavy (non-hydrogen) atoms. The molecule has 2 heterocycles. The van der Waals surface area contributed by atoms with Crippen LogP contribution < -0.4 is 14.8 Å². The van der Waals surface area contributed by atoms with Crippen LogP contribution in [-0.2, 0) is 22.4 Å². The first-order valence-corrected chi connectivity index (χ1v) is 11.0. The van der Waals surface area contributed by atoms with Crippen LogP contribution in [0.3, 0.4) is 0 Å². The number of nitrogens with zero attached hydrogens (tertiary/aromatic N) is 2. The number of carbonyl (C=O) groups is 2. The van der Waals surface area contributed by atoms with Crippen LogP contribution in [0.25, 0.3) is 0 Å². The Morgan fingerprint density at radius 2 is 1.88 bits per heavy atom. The summed E-state index contributed by atoms with van der Waals surface area (Å²) in [6, 6.07) is 13.4. The van der Waals surface area contributed by atoms with E-state index in [1.54, 1.807) is 31.5 Å². The summed E-state index contributed by atoms with van der Waals surface area (Å²) < 4.78 is 15.8. The smallest absolute Gasteiger partial charge is 0.328 e. The van der Waals surface area contributed by atoms with Crippen molar-refractivity contribution in [1.82, 2.24) is 20.2 Å². The summed E-state index contributed by atoms with van der Waals surface area (Å²) in [5, 5.41) is 2.88. The second kappa shape index (κ2) is 10.3. The molecule has 2 aromatic carbocycles. The molecule has 2 N–H and O–H groups in total. The quantitative estimate of drug-likeness (QED) is 0.521. The topological polar surface area (TPSA) is 106 Å². The molecule has 1 aliphatic rings. The van der Waals surface area contributed by atoms with E-state index in [4.69, 9.17) is 14.2 Å². The number of esters is 1. The van der Waals surface area contributed by atoms with Crippen molar-refractivity contribution in [3.63, 3.8) is 0 Å². The fourth-order valence-corrected chi connectivity index (χ4v) is 4.27. The number of carbonyl (C=O) groups excluding carboxylic acids is 2. The standard InChI is InChI=1S/C25H28N4O5/c1-32-20-10-9-17(14-21(20)33-2)23-22-18(26-15-27-22)11-12-29(23)25(31)28-19(24(30)34-3)13-16-7-5-4-6-8-16/h4-10,14-15,19,23H,11-13H2,1-3H3,(H,26,27)(H,28,31)/t19-,23-/m1/s1. The molecule has 0 bridgehead atoms. The van der Waals surface area contributed by atoms with E-state index in [1.807, 2.05) is 42.5 Å². The van der Waals surface area contributed by atoms with Gasteiger partial charge in [-0.2, -0.15) is 0 Å². The molecule has 2 atom stereocenters. The molecule has 0 aliphatic carbocycles. The number of hydrogen-bond acceptors (Lipinski definition) is 6. The monoisotopic (exact) mass is 464 g/mol. The third-order valence-corrected chi connectivity index (χ3v) is 5.98. The van der Waals surface area contributed by atoms with Crippen LogP contribution in [0.2, 0.25) is 0 Å². The van der Waals surface area contributed by atoms with Gasteiger partial charge in [0, 0.05) is 25.1 Å². The molecule has 178 valence electrons. The van der Waals surface area contributed by atoms with Crippen molar-refractivity contribution in [2.45, 2.75) is 24.9 Å². The number of aromatic nitrogens is 2. The van der Waals surface area contributed by atoms with Gasteiger partial charge in [-0.1, -0.05) is 36.4 Å². The lowest BCUT2D eigenvalue weighted by atomic mass is 9.95. The lowest BCUT2D eigenvalue weighted by Crippen LogP contribution is -2.52. The molecular formula is C25H28N4O5. The molecule has 0 spiro atoms. The molecule has 2 amide bonds. The first kappa shape index (κ1) is 23.2. The number of hydrogen-bond donors (Lipinski definition) is 2. The Morgan fingerprint density at radius 3 is 2.59 bits per heavy atom. The van der Waals surface area contributed by atoms with E-state index in [1.165, 1.54) is 7.11 Å². The highest BCUT2D eigenvalue weighted by Gasteiger charge is 2.36. The van der Waals surface area contributed by atoms with E-state index in [9.17, 15) is 9.59 Å². The van der Waals surface area contributed by atoms with Gasteiger partial charge >= 0.3 is 12.0 Å². The lowest BCUT2D eigenvalue weighted by molar-refractivity contribution is -0.142. The average molecular weight is 465 g/mol. The Bertz CT molecular complexity index is 1150. The molecule has 0 saturated heterocycles. The van der Waals surface area contributed by atoms with E-state index in [-0.39, 0.29) is 6.03 Å². The Balaban J connectivity index is 1.64. The Hall–Kier alpha value is -4.01. The van der Waals surface area contributed by atoms with E-state index in [2.05, 4.69) is 15.3 Å². The van der Waals surface area contributed by atoms with Crippen molar-refractivity contribution in [3.05, 3.63) is 77.4 Å². The van der Waals surface area contributed by atoms with Gasteiger partial charge in [0.2, 0.25) is 0 Å². The number of aromatic amines is 1. The van der Waals surface area contributed by atoms with Crippen molar-refractivity contribution < 1.29 is 23.8 Å². The van der Waals surface area contributed by atoms with E-state index in [0.717, 1.165) is 22.5 Å². The zero-order chi connectivity index (χ0) is 24.1. The number of rotatable bonds is 7. The number of imidazole rings is 1. The van der Waals surface area contributed by atoms with Gasteiger partial charge < -0.3 is 29.4 Å². The molecule has 0 fully saturated rings. The average Bonchev–Trinajstić information content (AvgIpc) is 3.36. The van der Waals surface area contributed by atoms with Gasteiger partial charge in [0.15, 0.2) is 11.5 Å². The van der Waals surface area contributed by atoms with Crippen molar-refractivity contribution in [2.75, 3.05) is 27.9 Å². The third-order valence-electron chi connectivity index (χ3n) is 5.98. The minimum Gasteiger partial charge on any atom is -0.493 e. The highest BCUT2D eigenvalue weighted by atomic mass is 16.5. The fraction of sp³-hybridized carbons (Fsp3) is 0.320. The van der Waals surface area contributed by atoms with Gasteiger partial charge in [-0.05, 0) is 23.3 Å². The SMILES string of the molecule is COC(=O)[C@@H](Cc1ccccc1)NC(=O)N1CCc2[nH]cnc2[C@H]1c1ccc(OC)c(OC)c1. The first-order chi connectivity index (χ1) is 16.5. The van der Waals surface area contributed by atoms with Gasteiger partial charge in [-0.25, -0.2) is 14.6 Å². The van der Waals surface area contributed by atoms with Gasteiger partial charge in [-0.3, -0.25) is 0 Å². The molecule has 0 saturated carbocycles. The van der Waals surface area contributed by atoms with Crippen LogP contribution in [0.1, 0.15) is 28.6 Å². The van der Waals surface area contributed by atoms with Crippen LogP contribution in [0.5, 0.6) is 11.5 Å². The minimum absolute atomic E-state index is 0.321. The number of H-pyrrole nitrogens is 1. The molecule has 1 aromatic heterocycles. The Labute approximate surface area is 198 Å². The molecule has 3 aromatic rings. The van der Waals surface area contributed by atoms with Crippen LogP contribution in [-0.4, -0.2) is 60.8 Å². The summed E-state index contributed by atoms with van der Waals surface area (Å²) in [4.78, 5) is 35.4. The van der Waals surface area contributed by atoms with Crippen LogP contribution in [0.4, 0.5) is 4.79 Å². The number of benzene rings is 2. The molecule has 4 rings (SSSR count). The number of ether oxygens (including phenoxy) is 3. The number of urea groups is 1. The Morgan fingerprint density at radius 1 is 1.12 bits per heavy atom. The van der Waals surface area contributed by atoms with Gasteiger partial charge in [-0.15, -0.1) is 0 Å². The summed E-state index contributed by atoms with van der Waals surface area (Å²) >= 11 is 0. The third kappa shape index (κ3) is 4.68. The van der Waals surface area contributed by atoms with E-state index < -0.39 is 18.1 Å². The summed E-state index contributed by atoms with van der Waals surface area (Å²) in [5.41, 5.74) is 3.46. The largest absolute Gasteiger partial charge is 0.493 e. The summed E-state index contributed by atoms with van der Waals surface area (Å²) in [7, 11) is 4.46. The molecule has 0 unspecified atom stereocenters. The summed E-state index contributed by atoms with van der Waals surface area (Å²) in [6.45, 7) is 0.444. The highest BCUT2D eigenvalue weighted by Crippen LogP contribution is 2.37. The number of nitrogens with one attached hydrogen (secondary N) is 2. The number of amides is 2. The predicted molar refractivity (Wildman–Crippen MR) is 125 cm³/mol. The zero-order valence-electron chi connectivity index (χ0n) is 19.4. The molecule has 1 aliphatic heterocycles. The maximum Gasteiger partial charge on any atom is 0.328 e. The zero-order valence-corrected chi connectivity index (χ0v) is 19.4. The maximum atomic E-state index is 13.5. The molecule has 0 radical (unpaired) electrons. The van der Waals surface area contributed by atoms with Gasteiger partial charge in [0.05, 0.1) is 33.4 Å². The van der Waals surface area contributed by atoms with Crippen molar-refractivity contribution in [2.24, 2.45) is 0 Å². The molecular weight excluding hydrogens is 436 g/mol. The Kier molecular flexibility index (Phi) is 7.01. The van der Waals surface area contributed by atoms with E-state index >= 15 is 0 Å². The van der Waals surface area contributed by atoms with Crippen LogP contribution >= 0.6 is 0 Å². The second-order valence-corrected chi connectivity index (χ2v) is 7.94. The summed E-state index contributed by atoms with van der Waals surface area (Å²) in [6.07, 6.45) is 2.57. The van der Waals surface area contributed by atoms with Gasteiger partial charge in [0.25, 0.3) is 0 Å². The highest BCUT2D eigenvalue weighted by molar-refractivity contribution is 5.84. The van der Waals surface area contributed by atoms with Gasteiger partial charge in [0.1, 0.15) is 12.1 Å². The normalized spacial score (nSPS) is 15.7. The first-order valence-electron chi connectivity index (χ1n) is 11.0. The van der Waals surface area contributed by atoms with Crippen molar-refractivity contribution in [3.8, 4) is 11.5 Å². The fourth-order valence-electron chi connectivity index (χ4n) is 4.27. The lowest BCUT2D eigenvalue weighted by Gasteiger charge is -2.36. The maximum absolute atomic E-state index is 13.5. The minimum atomic E-state index is -0.827. The van der Waals surface area contributed by atoms with Crippen LogP contribution in [0, 0.1) is 0 Å². The van der Waals surface area contributed by atoms with E-state index in [0.29, 0.717) is 30.9 Å². The molecule has 9 nitrogen and oxygen atoms in total. The number of methoxy groups -OCH3 is 3.